The summed E-state index contributed by atoms with van der Waals surface area (Å²) in [4.78, 5) is 2.72. The van der Waals surface area contributed by atoms with Gasteiger partial charge in [-0.3, -0.25) is 4.90 Å². The molecule has 1 saturated heterocycles. The second kappa shape index (κ2) is 6.49. The van der Waals surface area contributed by atoms with Crippen LogP contribution in [0.1, 0.15) is 47.0 Å². The third kappa shape index (κ3) is 3.46. The molecule has 0 aromatic heterocycles. The summed E-state index contributed by atoms with van der Waals surface area (Å²) in [6.07, 6.45) is 4.06. The van der Waals surface area contributed by atoms with Crippen LogP contribution in [0.15, 0.2) is 0 Å². The Morgan fingerprint density at radius 2 is 2.07 bits per heavy atom. The number of piperidine rings is 1. The molecule has 90 valence electrons. The van der Waals surface area contributed by atoms with E-state index in [0.717, 1.165) is 31.1 Å². The van der Waals surface area contributed by atoms with Crippen molar-refractivity contribution in [3.05, 3.63) is 0 Å². The van der Waals surface area contributed by atoms with Gasteiger partial charge in [0.15, 0.2) is 0 Å². The molecule has 1 heterocycles. The fraction of sp³-hybridized carbons (Fsp3) is 1.00. The molecule has 15 heavy (non-hydrogen) atoms. The molecule has 2 nitrogen and oxygen atoms in total. The highest BCUT2D eigenvalue weighted by molar-refractivity contribution is 4.84. The average molecular weight is 212 g/mol. The van der Waals surface area contributed by atoms with Gasteiger partial charge in [0.25, 0.3) is 0 Å². The van der Waals surface area contributed by atoms with E-state index < -0.39 is 0 Å². The number of likely N-dealkylation sites (N-methyl/N-ethyl adjacent to an activating group) is 1. The SMILES string of the molecule is CCNCC(CC)N1CCCC(C)C1C. The van der Waals surface area contributed by atoms with Gasteiger partial charge < -0.3 is 5.32 Å². The van der Waals surface area contributed by atoms with Gasteiger partial charge in [-0.2, -0.15) is 0 Å². The van der Waals surface area contributed by atoms with Crippen molar-refractivity contribution in [2.24, 2.45) is 5.92 Å². The van der Waals surface area contributed by atoms with E-state index >= 15 is 0 Å². The summed E-state index contributed by atoms with van der Waals surface area (Å²) in [5, 5.41) is 3.49. The number of hydrogen-bond donors (Lipinski definition) is 1. The minimum Gasteiger partial charge on any atom is -0.315 e. The van der Waals surface area contributed by atoms with Gasteiger partial charge in [0.05, 0.1) is 0 Å². The molecule has 2 heteroatoms. The van der Waals surface area contributed by atoms with Crippen molar-refractivity contribution < 1.29 is 0 Å². The molecule has 1 aliphatic heterocycles. The Hall–Kier alpha value is -0.0800. The van der Waals surface area contributed by atoms with Gasteiger partial charge in [-0.25, -0.2) is 0 Å². The van der Waals surface area contributed by atoms with E-state index in [-0.39, 0.29) is 0 Å². The van der Waals surface area contributed by atoms with Gasteiger partial charge in [0, 0.05) is 18.6 Å². The second-order valence-electron chi connectivity index (χ2n) is 4.97. The monoisotopic (exact) mass is 212 g/mol. The summed E-state index contributed by atoms with van der Waals surface area (Å²) in [5.41, 5.74) is 0. The molecule has 0 spiro atoms. The maximum absolute atomic E-state index is 3.49. The Kier molecular flexibility index (Phi) is 5.62. The Balaban J connectivity index is 2.49. The highest BCUT2D eigenvalue weighted by atomic mass is 15.2. The molecule has 3 atom stereocenters. The van der Waals surface area contributed by atoms with Gasteiger partial charge in [-0.05, 0) is 45.2 Å². The molecule has 1 N–H and O–H groups in total. The predicted octanol–water partition coefficient (Wildman–Crippen LogP) is 2.49. The Bertz CT molecular complexity index is 170. The molecule has 0 radical (unpaired) electrons. The highest BCUT2D eigenvalue weighted by Gasteiger charge is 2.28. The quantitative estimate of drug-likeness (QED) is 0.753. The standard InChI is InChI=1S/C13H28N2/c1-5-13(10-14-6-2)15-9-7-8-11(3)12(15)4/h11-14H,5-10H2,1-4H3. The van der Waals surface area contributed by atoms with Crippen LogP contribution in [-0.4, -0.2) is 36.6 Å². The van der Waals surface area contributed by atoms with E-state index in [2.05, 4.69) is 37.9 Å². The molecular formula is C13H28N2. The van der Waals surface area contributed by atoms with Gasteiger partial charge in [-0.15, -0.1) is 0 Å². The van der Waals surface area contributed by atoms with E-state index in [1.54, 1.807) is 0 Å². The lowest BCUT2D eigenvalue weighted by molar-refractivity contribution is 0.0659. The van der Waals surface area contributed by atoms with Crippen molar-refractivity contribution in [3.63, 3.8) is 0 Å². The zero-order chi connectivity index (χ0) is 11.3. The van der Waals surface area contributed by atoms with E-state index in [0.29, 0.717) is 0 Å². The highest BCUT2D eigenvalue weighted by Crippen LogP contribution is 2.25. The zero-order valence-electron chi connectivity index (χ0n) is 10.9. The number of likely N-dealkylation sites (tertiary alicyclic amines) is 1. The van der Waals surface area contributed by atoms with Gasteiger partial charge in [0.2, 0.25) is 0 Å². The lowest BCUT2D eigenvalue weighted by atomic mass is 9.90. The molecule has 1 rings (SSSR count). The summed E-state index contributed by atoms with van der Waals surface area (Å²) in [6.45, 7) is 12.9. The van der Waals surface area contributed by atoms with Crippen molar-refractivity contribution in [2.45, 2.75) is 59.0 Å². The first-order chi connectivity index (χ1) is 7.20. The van der Waals surface area contributed by atoms with Crippen LogP contribution in [0.25, 0.3) is 0 Å². The molecule has 0 aliphatic carbocycles. The number of hydrogen-bond acceptors (Lipinski definition) is 2. The largest absolute Gasteiger partial charge is 0.315 e. The van der Waals surface area contributed by atoms with Crippen molar-refractivity contribution in [3.8, 4) is 0 Å². The Morgan fingerprint density at radius 1 is 1.33 bits per heavy atom. The van der Waals surface area contributed by atoms with E-state index in [4.69, 9.17) is 0 Å². The maximum atomic E-state index is 3.49. The van der Waals surface area contributed by atoms with Crippen molar-refractivity contribution >= 4 is 0 Å². The first-order valence-corrected chi connectivity index (χ1v) is 6.67. The van der Waals surface area contributed by atoms with Crippen LogP contribution in [0, 0.1) is 5.92 Å². The van der Waals surface area contributed by atoms with Crippen LogP contribution in [0.3, 0.4) is 0 Å². The molecule has 0 aromatic carbocycles. The minimum atomic E-state index is 0.739. The summed E-state index contributed by atoms with van der Waals surface area (Å²) >= 11 is 0. The normalized spacial score (nSPS) is 30.4. The topological polar surface area (TPSA) is 15.3 Å². The fourth-order valence-corrected chi connectivity index (χ4v) is 2.69. The Labute approximate surface area is 95.4 Å². The maximum Gasteiger partial charge on any atom is 0.0220 e. The number of nitrogens with one attached hydrogen (secondary N) is 1. The summed E-state index contributed by atoms with van der Waals surface area (Å²) in [7, 11) is 0. The van der Waals surface area contributed by atoms with Gasteiger partial charge >= 0.3 is 0 Å². The lowest BCUT2D eigenvalue weighted by Gasteiger charge is -2.42. The molecule has 0 aromatic rings. The molecule has 0 amide bonds. The smallest absolute Gasteiger partial charge is 0.0220 e. The van der Waals surface area contributed by atoms with Crippen LogP contribution in [0.5, 0.6) is 0 Å². The Morgan fingerprint density at radius 3 is 2.67 bits per heavy atom. The third-order valence-electron chi connectivity index (χ3n) is 3.99. The second-order valence-corrected chi connectivity index (χ2v) is 4.97. The number of rotatable bonds is 5. The lowest BCUT2D eigenvalue weighted by Crippen LogP contribution is -2.51. The van der Waals surface area contributed by atoms with E-state index in [9.17, 15) is 0 Å². The van der Waals surface area contributed by atoms with E-state index in [1.165, 1.54) is 25.8 Å². The third-order valence-corrected chi connectivity index (χ3v) is 3.99. The molecule has 0 bridgehead atoms. The van der Waals surface area contributed by atoms with Crippen molar-refractivity contribution in [2.75, 3.05) is 19.6 Å². The summed E-state index contributed by atoms with van der Waals surface area (Å²) in [5.74, 6) is 0.870. The van der Waals surface area contributed by atoms with Crippen LogP contribution in [-0.2, 0) is 0 Å². The first-order valence-electron chi connectivity index (χ1n) is 6.67. The van der Waals surface area contributed by atoms with Crippen molar-refractivity contribution in [1.29, 1.82) is 0 Å². The van der Waals surface area contributed by atoms with E-state index in [1.807, 2.05) is 0 Å². The minimum absolute atomic E-state index is 0.739. The molecule has 3 unspecified atom stereocenters. The average Bonchev–Trinajstić information content (AvgIpc) is 2.25. The summed E-state index contributed by atoms with van der Waals surface area (Å²) < 4.78 is 0. The van der Waals surface area contributed by atoms with Gasteiger partial charge in [-0.1, -0.05) is 20.8 Å². The fourth-order valence-electron chi connectivity index (χ4n) is 2.69. The molecule has 1 fully saturated rings. The van der Waals surface area contributed by atoms with Crippen LogP contribution < -0.4 is 5.32 Å². The molecular weight excluding hydrogens is 184 g/mol. The number of nitrogens with zero attached hydrogens (tertiary/aromatic N) is 1. The zero-order valence-corrected chi connectivity index (χ0v) is 10.9. The van der Waals surface area contributed by atoms with Crippen LogP contribution in [0.4, 0.5) is 0 Å². The summed E-state index contributed by atoms with van der Waals surface area (Å²) in [6, 6.07) is 1.50. The van der Waals surface area contributed by atoms with Crippen molar-refractivity contribution in [1.82, 2.24) is 10.2 Å². The predicted molar refractivity (Wildman–Crippen MR) is 67.2 cm³/mol. The molecule has 1 aliphatic rings. The van der Waals surface area contributed by atoms with Crippen LogP contribution >= 0.6 is 0 Å². The van der Waals surface area contributed by atoms with Gasteiger partial charge in [0.1, 0.15) is 0 Å². The molecule has 0 saturated carbocycles. The van der Waals surface area contributed by atoms with Crippen LogP contribution in [0.2, 0.25) is 0 Å². The first kappa shape index (κ1) is 13.0.